The number of rotatable bonds is 6. The molecule has 0 fully saturated rings. The molecule has 18 heavy (non-hydrogen) atoms. The Morgan fingerprint density at radius 1 is 1.28 bits per heavy atom. The second-order valence-corrected chi connectivity index (χ2v) is 5.63. The van der Waals surface area contributed by atoms with Crippen molar-refractivity contribution in [3.8, 4) is 0 Å². The molecule has 1 aromatic carbocycles. The molecule has 0 bridgehead atoms. The number of aryl methyl sites for hydroxylation is 2. The Labute approximate surface area is 114 Å². The molecule has 100 valence electrons. The zero-order valence-electron chi connectivity index (χ0n) is 10.5. The molecular formula is C13H17ClO3S. The Morgan fingerprint density at radius 3 is 2.44 bits per heavy atom. The quantitative estimate of drug-likeness (QED) is 0.647. The molecule has 0 heterocycles. The van der Waals surface area contributed by atoms with Crippen LogP contribution in [0.25, 0.3) is 0 Å². The van der Waals surface area contributed by atoms with E-state index in [-0.39, 0.29) is 5.75 Å². The summed E-state index contributed by atoms with van der Waals surface area (Å²) in [7, 11) is -2.50. The van der Waals surface area contributed by atoms with Crippen molar-refractivity contribution in [1.82, 2.24) is 0 Å². The van der Waals surface area contributed by atoms with Crippen molar-refractivity contribution in [2.24, 2.45) is 0 Å². The molecule has 0 amide bonds. The molecule has 0 aliphatic carbocycles. The highest BCUT2D eigenvalue weighted by Gasteiger charge is 2.12. The molecule has 0 aliphatic rings. The zero-order chi connectivity index (χ0) is 13.7. The summed E-state index contributed by atoms with van der Waals surface area (Å²) in [5, 5.41) is -0.545. The topological polar surface area (TPSA) is 51.2 Å². The third-order valence-corrected chi connectivity index (χ3v) is 3.66. The van der Waals surface area contributed by atoms with E-state index in [1.54, 1.807) is 6.07 Å². The number of carbonyl (C=O) groups excluding carboxylic acids is 1. The fourth-order valence-electron chi connectivity index (χ4n) is 1.91. The number of hydrogen-bond donors (Lipinski definition) is 1. The highest BCUT2D eigenvalue weighted by molar-refractivity contribution is 7.71. The fraction of sp³-hybridized carbons (Fsp3) is 0.462. The summed E-state index contributed by atoms with van der Waals surface area (Å²) in [5.41, 5.74) is 2.87. The molecule has 0 aliphatic heterocycles. The number of thiol groups is 1. The minimum Gasteiger partial charge on any atom is -0.276 e. The van der Waals surface area contributed by atoms with Gasteiger partial charge in [0, 0.05) is 5.56 Å². The molecule has 1 rings (SSSR count). The van der Waals surface area contributed by atoms with E-state index in [1.807, 2.05) is 13.0 Å². The number of carbonyl (C=O) groups is 1. The molecule has 1 aromatic rings. The van der Waals surface area contributed by atoms with E-state index >= 15 is 0 Å². The van der Waals surface area contributed by atoms with Gasteiger partial charge >= 0.3 is 0 Å². The first-order valence-corrected chi connectivity index (χ1v) is 7.63. The molecule has 3 nitrogen and oxygen atoms in total. The van der Waals surface area contributed by atoms with E-state index in [2.05, 4.69) is 6.92 Å². The van der Waals surface area contributed by atoms with Gasteiger partial charge in [0.25, 0.3) is 5.24 Å². The van der Waals surface area contributed by atoms with Crippen LogP contribution in [0, 0.1) is 6.92 Å². The third kappa shape index (κ3) is 4.10. The van der Waals surface area contributed by atoms with Crippen LogP contribution in [0.1, 0.15) is 46.8 Å². The van der Waals surface area contributed by atoms with Crippen molar-refractivity contribution in [1.29, 1.82) is 0 Å². The lowest BCUT2D eigenvalue weighted by molar-refractivity contribution is 0.108. The number of hydrogen-bond acceptors (Lipinski definition) is 3. The van der Waals surface area contributed by atoms with Gasteiger partial charge in [-0.05, 0) is 54.1 Å². The Bertz CT molecular complexity index is 513. The molecule has 0 N–H and O–H groups in total. The van der Waals surface area contributed by atoms with Crippen molar-refractivity contribution in [3.63, 3.8) is 0 Å². The summed E-state index contributed by atoms with van der Waals surface area (Å²) in [5.74, 6) is -0.0359. The van der Waals surface area contributed by atoms with Crippen molar-refractivity contribution >= 4 is 27.5 Å². The molecule has 0 unspecified atom stereocenters. The number of benzene rings is 1. The van der Waals surface area contributed by atoms with E-state index in [4.69, 9.17) is 11.6 Å². The predicted octanol–water partition coefficient (Wildman–Crippen LogP) is 2.83. The van der Waals surface area contributed by atoms with Crippen molar-refractivity contribution < 1.29 is 13.2 Å². The maximum absolute atomic E-state index is 11.2. The highest BCUT2D eigenvalue weighted by atomic mass is 35.5. The van der Waals surface area contributed by atoms with E-state index < -0.39 is 15.9 Å². The first-order chi connectivity index (χ1) is 8.45. The van der Waals surface area contributed by atoms with Crippen LogP contribution in [-0.2, 0) is 22.9 Å². The van der Waals surface area contributed by atoms with E-state index in [0.717, 1.165) is 30.4 Å². The van der Waals surface area contributed by atoms with Crippen LogP contribution in [0.4, 0.5) is 0 Å². The van der Waals surface area contributed by atoms with Gasteiger partial charge in [0.15, 0.2) is 0 Å². The normalized spacial score (nSPS) is 10.9. The molecule has 0 radical (unpaired) electrons. The van der Waals surface area contributed by atoms with Crippen LogP contribution >= 0.6 is 11.6 Å². The number of halogens is 1. The second kappa shape index (κ2) is 6.90. The standard InChI is InChI=1S/C13H17ClO3S/c1-3-4-5-10-6-9(2)12(13(14)15)7-11(10)8-18(16)17/h6-7,18H,3-5,8H2,1-2H3. The molecule has 0 aromatic heterocycles. The Kier molecular flexibility index (Phi) is 5.82. The SMILES string of the molecule is CCCCc1cc(C)c(C(=O)Cl)cc1C[SH](=O)=O. The van der Waals surface area contributed by atoms with Gasteiger partial charge in [-0.2, -0.15) is 0 Å². The van der Waals surface area contributed by atoms with Crippen molar-refractivity contribution in [3.05, 3.63) is 34.4 Å². The minimum atomic E-state index is -2.50. The third-order valence-electron chi connectivity index (χ3n) is 2.86. The summed E-state index contributed by atoms with van der Waals surface area (Å²) in [6.07, 6.45) is 2.86. The molecular weight excluding hydrogens is 272 g/mol. The average Bonchev–Trinajstić information content (AvgIpc) is 2.28. The summed E-state index contributed by atoms with van der Waals surface area (Å²) >= 11 is 5.48. The van der Waals surface area contributed by atoms with Crippen molar-refractivity contribution in [2.75, 3.05) is 0 Å². The molecule has 5 heteroatoms. The molecule has 0 saturated carbocycles. The number of unbranched alkanes of at least 4 members (excludes halogenated alkanes) is 1. The minimum absolute atomic E-state index is 0.0359. The summed E-state index contributed by atoms with van der Waals surface area (Å²) in [6, 6.07) is 3.49. The van der Waals surface area contributed by atoms with Crippen LogP contribution < -0.4 is 0 Å². The van der Waals surface area contributed by atoms with Crippen LogP contribution in [0.2, 0.25) is 0 Å². The van der Waals surface area contributed by atoms with E-state index in [9.17, 15) is 13.2 Å². The van der Waals surface area contributed by atoms with Gasteiger partial charge < -0.3 is 0 Å². The van der Waals surface area contributed by atoms with E-state index in [1.165, 1.54) is 0 Å². The van der Waals surface area contributed by atoms with Crippen LogP contribution in [0.3, 0.4) is 0 Å². The van der Waals surface area contributed by atoms with Gasteiger partial charge in [-0.3, -0.25) is 4.79 Å². The van der Waals surface area contributed by atoms with Gasteiger partial charge in [-0.15, -0.1) is 0 Å². The lowest BCUT2D eigenvalue weighted by Gasteiger charge is -2.11. The molecule has 0 saturated heterocycles. The first kappa shape index (κ1) is 15.2. The van der Waals surface area contributed by atoms with Gasteiger partial charge in [0.2, 0.25) is 0 Å². The van der Waals surface area contributed by atoms with Gasteiger partial charge in [-0.1, -0.05) is 19.4 Å². The highest BCUT2D eigenvalue weighted by Crippen LogP contribution is 2.21. The van der Waals surface area contributed by atoms with Crippen molar-refractivity contribution in [2.45, 2.75) is 38.9 Å². The lowest BCUT2D eigenvalue weighted by atomic mass is 9.97. The maximum Gasteiger partial charge on any atom is 0.252 e. The van der Waals surface area contributed by atoms with Gasteiger partial charge in [-0.25, -0.2) is 8.42 Å². The molecule has 0 spiro atoms. The van der Waals surface area contributed by atoms with Crippen LogP contribution in [-0.4, -0.2) is 13.7 Å². The average molecular weight is 289 g/mol. The Morgan fingerprint density at radius 2 is 1.94 bits per heavy atom. The Hall–Kier alpha value is -0.870. The van der Waals surface area contributed by atoms with Crippen LogP contribution in [0.5, 0.6) is 0 Å². The van der Waals surface area contributed by atoms with Crippen LogP contribution in [0.15, 0.2) is 12.1 Å². The van der Waals surface area contributed by atoms with E-state index in [0.29, 0.717) is 11.1 Å². The fourth-order valence-corrected chi connectivity index (χ4v) is 2.69. The second-order valence-electron chi connectivity index (χ2n) is 4.30. The summed E-state index contributed by atoms with van der Waals surface area (Å²) in [4.78, 5) is 11.2. The predicted molar refractivity (Wildman–Crippen MR) is 74.0 cm³/mol. The smallest absolute Gasteiger partial charge is 0.252 e. The van der Waals surface area contributed by atoms with Gasteiger partial charge in [0.05, 0.1) is 5.75 Å². The maximum atomic E-state index is 11.2. The monoisotopic (exact) mass is 288 g/mol. The van der Waals surface area contributed by atoms with Gasteiger partial charge in [0.1, 0.15) is 10.7 Å². The zero-order valence-corrected chi connectivity index (χ0v) is 12.2. The molecule has 0 atom stereocenters. The largest absolute Gasteiger partial charge is 0.276 e. The Balaban J connectivity index is 3.22. The lowest BCUT2D eigenvalue weighted by Crippen LogP contribution is -2.02. The summed E-state index contributed by atoms with van der Waals surface area (Å²) < 4.78 is 21.8. The summed E-state index contributed by atoms with van der Waals surface area (Å²) in [6.45, 7) is 3.89. The first-order valence-electron chi connectivity index (χ1n) is 5.89.